The van der Waals surface area contributed by atoms with E-state index in [9.17, 15) is 4.79 Å². The first-order valence-corrected chi connectivity index (χ1v) is 6.22. The van der Waals surface area contributed by atoms with Crippen LogP contribution >= 0.6 is 0 Å². The maximum absolute atomic E-state index is 11.2. The lowest BCUT2D eigenvalue weighted by atomic mass is 9.96. The summed E-state index contributed by atoms with van der Waals surface area (Å²) in [6, 6.07) is 0. The van der Waals surface area contributed by atoms with Gasteiger partial charge in [-0.15, -0.1) is 0 Å². The highest BCUT2D eigenvalue weighted by Crippen LogP contribution is 2.15. The van der Waals surface area contributed by atoms with Crippen molar-refractivity contribution in [2.75, 3.05) is 0 Å². The van der Waals surface area contributed by atoms with E-state index < -0.39 is 0 Å². The molecule has 1 heteroatoms. The van der Waals surface area contributed by atoms with Crippen molar-refractivity contribution in [3.05, 3.63) is 0 Å². The summed E-state index contributed by atoms with van der Waals surface area (Å²) in [6.45, 7) is 6.40. The zero-order valence-electron chi connectivity index (χ0n) is 10.1. The smallest absolute Gasteiger partial charge is 0.132 e. The van der Waals surface area contributed by atoms with Crippen LogP contribution in [0.15, 0.2) is 0 Å². The van der Waals surface area contributed by atoms with Crippen molar-refractivity contribution in [2.45, 2.75) is 72.1 Å². The van der Waals surface area contributed by atoms with Crippen LogP contribution in [0.3, 0.4) is 0 Å². The third kappa shape index (κ3) is 8.28. The highest BCUT2D eigenvalue weighted by Gasteiger charge is 2.06. The maximum Gasteiger partial charge on any atom is 0.132 e. The Hall–Kier alpha value is -0.330. The second-order valence-electron chi connectivity index (χ2n) is 4.40. The number of carbonyl (C=O) groups excluding carboxylic acids is 1. The molecule has 0 saturated carbocycles. The molecule has 0 fully saturated rings. The minimum atomic E-state index is 0.422. The molecule has 0 aliphatic carbocycles. The van der Waals surface area contributed by atoms with E-state index >= 15 is 0 Å². The van der Waals surface area contributed by atoms with Gasteiger partial charge < -0.3 is 0 Å². The molecular weight excluding hydrogens is 172 g/mol. The fourth-order valence-corrected chi connectivity index (χ4v) is 1.73. The minimum absolute atomic E-state index is 0.422. The monoisotopic (exact) mass is 198 g/mol. The lowest BCUT2D eigenvalue weighted by molar-refractivity contribution is -0.119. The second kappa shape index (κ2) is 9.23. The van der Waals surface area contributed by atoms with Gasteiger partial charge in [0.05, 0.1) is 0 Å². The van der Waals surface area contributed by atoms with Gasteiger partial charge in [-0.05, 0) is 5.92 Å². The third-order valence-corrected chi connectivity index (χ3v) is 2.77. The average molecular weight is 198 g/mol. The molecule has 0 aliphatic rings. The number of rotatable bonds is 9. The summed E-state index contributed by atoms with van der Waals surface area (Å²) in [4.78, 5) is 11.2. The molecule has 0 spiro atoms. The summed E-state index contributed by atoms with van der Waals surface area (Å²) < 4.78 is 0. The van der Waals surface area contributed by atoms with E-state index in [1.165, 1.54) is 38.5 Å². The first-order chi connectivity index (χ1) is 6.70. The molecule has 0 unspecified atom stereocenters. The Balaban J connectivity index is 3.26. The highest BCUT2D eigenvalue weighted by molar-refractivity contribution is 5.78. The summed E-state index contributed by atoms with van der Waals surface area (Å²) in [5, 5.41) is 0. The van der Waals surface area contributed by atoms with Crippen molar-refractivity contribution in [1.29, 1.82) is 0 Å². The molecule has 0 saturated heterocycles. The minimum Gasteiger partial charge on any atom is -0.300 e. The molecule has 0 aromatic heterocycles. The SMILES string of the molecule is CCCCCCC[C@H](C)CC(=O)CC. The number of Topliss-reactive ketones (excluding diaryl/α,β-unsaturated/α-hetero) is 1. The van der Waals surface area contributed by atoms with E-state index in [4.69, 9.17) is 0 Å². The van der Waals surface area contributed by atoms with Crippen LogP contribution in [0.4, 0.5) is 0 Å². The van der Waals surface area contributed by atoms with Crippen LogP contribution < -0.4 is 0 Å². The zero-order valence-corrected chi connectivity index (χ0v) is 10.1. The lowest BCUT2D eigenvalue weighted by Crippen LogP contribution is -2.04. The summed E-state index contributed by atoms with van der Waals surface area (Å²) >= 11 is 0. The van der Waals surface area contributed by atoms with Gasteiger partial charge >= 0.3 is 0 Å². The number of unbranched alkanes of at least 4 members (excludes halogenated alkanes) is 4. The molecule has 0 aromatic rings. The Morgan fingerprint density at radius 2 is 1.71 bits per heavy atom. The standard InChI is InChI=1S/C13H26O/c1-4-6-7-8-9-10-12(3)11-13(14)5-2/h12H,4-11H2,1-3H3/t12-/m0/s1. The van der Waals surface area contributed by atoms with Gasteiger partial charge in [0.2, 0.25) is 0 Å². The third-order valence-electron chi connectivity index (χ3n) is 2.77. The van der Waals surface area contributed by atoms with Crippen molar-refractivity contribution < 1.29 is 4.79 Å². The first kappa shape index (κ1) is 13.7. The topological polar surface area (TPSA) is 17.1 Å². The number of hydrogen-bond acceptors (Lipinski definition) is 1. The van der Waals surface area contributed by atoms with E-state index in [-0.39, 0.29) is 0 Å². The van der Waals surface area contributed by atoms with Crippen molar-refractivity contribution in [2.24, 2.45) is 5.92 Å². The van der Waals surface area contributed by atoms with Gasteiger partial charge in [0.25, 0.3) is 0 Å². The van der Waals surface area contributed by atoms with E-state index in [1.807, 2.05) is 6.92 Å². The molecule has 0 radical (unpaired) electrons. The normalized spacial score (nSPS) is 12.8. The Morgan fingerprint density at radius 3 is 2.29 bits per heavy atom. The number of hydrogen-bond donors (Lipinski definition) is 0. The molecule has 0 amide bonds. The predicted octanol–water partition coefficient (Wildman–Crippen LogP) is 4.35. The van der Waals surface area contributed by atoms with Crippen LogP contribution in [0.25, 0.3) is 0 Å². The van der Waals surface area contributed by atoms with Gasteiger partial charge in [0, 0.05) is 12.8 Å². The molecule has 0 rings (SSSR count). The molecule has 0 aromatic carbocycles. The molecule has 0 heterocycles. The van der Waals surface area contributed by atoms with E-state index in [0.717, 1.165) is 6.42 Å². The molecule has 14 heavy (non-hydrogen) atoms. The van der Waals surface area contributed by atoms with Crippen LogP contribution in [0, 0.1) is 5.92 Å². The van der Waals surface area contributed by atoms with E-state index in [2.05, 4.69) is 13.8 Å². The van der Waals surface area contributed by atoms with Gasteiger partial charge in [0.15, 0.2) is 0 Å². The molecule has 1 nitrogen and oxygen atoms in total. The largest absolute Gasteiger partial charge is 0.300 e. The molecule has 0 bridgehead atoms. The van der Waals surface area contributed by atoms with Crippen LogP contribution in [0.2, 0.25) is 0 Å². The Labute approximate surface area is 89.3 Å². The Morgan fingerprint density at radius 1 is 1.07 bits per heavy atom. The fourth-order valence-electron chi connectivity index (χ4n) is 1.73. The van der Waals surface area contributed by atoms with E-state index in [0.29, 0.717) is 18.1 Å². The summed E-state index contributed by atoms with van der Waals surface area (Å²) in [5.41, 5.74) is 0. The summed E-state index contributed by atoms with van der Waals surface area (Å²) in [7, 11) is 0. The number of ketones is 1. The van der Waals surface area contributed by atoms with Crippen LogP contribution in [0.1, 0.15) is 72.1 Å². The fraction of sp³-hybridized carbons (Fsp3) is 0.923. The van der Waals surface area contributed by atoms with Crippen LogP contribution in [-0.2, 0) is 4.79 Å². The Kier molecular flexibility index (Phi) is 9.02. The van der Waals surface area contributed by atoms with Crippen LogP contribution in [0.5, 0.6) is 0 Å². The van der Waals surface area contributed by atoms with E-state index in [1.54, 1.807) is 0 Å². The molecule has 0 aliphatic heterocycles. The highest BCUT2D eigenvalue weighted by atomic mass is 16.1. The molecule has 84 valence electrons. The molecule has 0 N–H and O–H groups in total. The van der Waals surface area contributed by atoms with Crippen molar-refractivity contribution in [1.82, 2.24) is 0 Å². The Bertz CT molecular complexity index is 140. The predicted molar refractivity (Wildman–Crippen MR) is 62.5 cm³/mol. The molecule has 1 atom stereocenters. The summed E-state index contributed by atoms with van der Waals surface area (Å²) in [5.74, 6) is 1.02. The quantitative estimate of drug-likeness (QED) is 0.503. The van der Waals surface area contributed by atoms with Crippen molar-refractivity contribution >= 4 is 5.78 Å². The lowest BCUT2D eigenvalue weighted by Gasteiger charge is -2.09. The zero-order chi connectivity index (χ0) is 10.8. The van der Waals surface area contributed by atoms with Gasteiger partial charge in [0.1, 0.15) is 5.78 Å². The first-order valence-electron chi connectivity index (χ1n) is 6.22. The van der Waals surface area contributed by atoms with Crippen LogP contribution in [-0.4, -0.2) is 5.78 Å². The maximum atomic E-state index is 11.2. The van der Waals surface area contributed by atoms with Gasteiger partial charge in [-0.1, -0.05) is 59.3 Å². The average Bonchev–Trinajstić information content (AvgIpc) is 2.17. The van der Waals surface area contributed by atoms with Gasteiger partial charge in [-0.25, -0.2) is 0 Å². The van der Waals surface area contributed by atoms with Gasteiger partial charge in [-0.3, -0.25) is 4.79 Å². The van der Waals surface area contributed by atoms with Crippen molar-refractivity contribution in [3.8, 4) is 0 Å². The molecular formula is C13H26O. The second-order valence-corrected chi connectivity index (χ2v) is 4.40. The van der Waals surface area contributed by atoms with Gasteiger partial charge in [-0.2, -0.15) is 0 Å². The summed E-state index contributed by atoms with van der Waals surface area (Å²) in [6.07, 6.45) is 9.42. The van der Waals surface area contributed by atoms with Crippen molar-refractivity contribution in [3.63, 3.8) is 0 Å². The number of carbonyl (C=O) groups is 1.